The topological polar surface area (TPSA) is 64.6 Å². The molecule has 184 valence electrons. The van der Waals surface area contributed by atoms with Crippen LogP contribution in [-0.4, -0.2) is 79.3 Å². The summed E-state index contributed by atoms with van der Waals surface area (Å²) in [5.41, 5.74) is 2.43. The van der Waals surface area contributed by atoms with Crippen molar-refractivity contribution in [3.63, 3.8) is 0 Å². The summed E-state index contributed by atoms with van der Waals surface area (Å²) >= 11 is 0. The first kappa shape index (κ1) is 27.1. The second kappa shape index (κ2) is 18.3. The van der Waals surface area contributed by atoms with E-state index in [-0.39, 0.29) is 0 Å². The Bertz CT molecular complexity index is 642. The summed E-state index contributed by atoms with van der Waals surface area (Å²) in [4.78, 5) is 0. The van der Waals surface area contributed by atoms with Crippen LogP contribution in [-0.2, 0) is 23.7 Å². The molecule has 0 fully saturated rings. The number of hydrogen-bond donors (Lipinski definition) is 0. The van der Waals surface area contributed by atoms with Gasteiger partial charge in [-0.2, -0.15) is 0 Å². The largest absolute Gasteiger partial charge is 0.491 e. The zero-order valence-corrected chi connectivity index (χ0v) is 20.0. The summed E-state index contributed by atoms with van der Waals surface area (Å²) in [7, 11) is 0. The van der Waals surface area contributed by atoms with Gasteiger partial charge in [0.05, 0.1) is 66.1 Å². The maximum Gasteiger partial charge on any atom is 0.119 e. The van der Waals surface area contributed by atoms with Gasteiger partial charge in [-0.05, 0) is 38.1 Å². The van der Waals surface area contributed by atoms with Gasteiger partial charge in [0.1, 0.15) is 24.7 Å². The van der Waals surface area contributed by atoms with E-state index < -0.39 is 0 Å². The number of ether oxygens (including phenoxy) is 7. The predicted molar refractivity (Wildman–Crippen MR) is 127 cm³/mol. The van der Waals surface area contributed by atoms with E-state index >= 15 is 0 Å². The summed E-state index contributed by atoms with van der Waals surface area (Å²) in [5, 5.41) is 0. The molecule has 0 aliphatic heterocycles. The highest BCUT2D eigenvalue weighted by Crippen LogP contribution is 2.11. The van der Waals surface area contributed by atoms with Crippen molar-refractivity contribution in [3.05, 3.63) is 59.7 Å². The van der Waals surface area contributed by atoms with E-state index in [1.165, 1.54) is 11.1 Å². The van der Waals surface area contributed by atoms with Crippen LogP contribution in [0.4, 0.5) is 0 Å². The second-order valence-corrected chi connectivity index (χ2v) is 7.38. The van der Waals surface area contributed by atoms with Gasteiger partial charge in [-0.1, -0.05) is 35.4 Å². The lowest BCUT2D eigenvalue weighted by atomic mass is 10.2. The van der Waals surface area contributed by atoms with E-state index in [0.717, 1.165) is 11.5 Å². The summed E-state index contributed by atoms with van der Waals surface area (Å²) in [6.45, 7) is 10.5. The molecule has 0 aliphatic carbocycles. The molecule has 0 saturated carbocycles. The summed E-state index contributed by atoms with van der Waals surface area (Å²) in [6, 6.07) is 15.9. The van der Waals surface area contributed by atoms with Crippen molar-refractivity contribution in [3.8, 4) is 11.5 Å². The van der Waals surface area contributed by atoms with Gasteiger partial charge in [-0.25, -0.2) is 0 Å². The Morgan fingerprint density at radius 3 is 0.879 bits per heavy atom. The molecule has 0 unspecified atom stereocenters. The molecule has 0 bridgehead atoms. The van der Waals surface area contributed by atoms with Crippen molar-refractivity contribution in [1.29, 1.82) is 0 Å². The lowest BCUT2D eigenvalue weighted by molar-refractivity contribution is -0.0141. The van der Waals surface area contributed by atoms with Crippen molar-refractivity contribution in [1.82, 2.24) is 0 Å². The van der Waals surface area contributed by atoms with E-state index in [0.29, 0.717) is 79.3 Å². The predicted octanol–water partition coefficient (Wildman–Crippen LogP) is 3.84. The van der Waals surface area contributed by atoms with Crippen molar-refractivity contribution < 1.29 is 33.2 Å². The normalized spacial score (nSPS) is 11.0. The molecule has 0 saturated heterocycles. The molecular formula is C26H38O7. The lowest BCUT2D eigenvalue weighted by Gasteiger charge is -2.09. The minimum absolute atomic E-state index is 0.526. The molecule has 7 heteroatoms. The van der Waals surface area contributed by atoms with Crippen molar-refractivity contribution in [2.45, 2.75) is 13.8 Å². The number of benzene rings is 2. The first-order valence-corrected chi connectivity index (χ1v) is 11.5. The summed E-state index contributed by atoms with van der Waals surface area (Å²) in [5.74, 6) is 1.72. The van der Waals surface area contributed by atoms with Crippen molar-refractivity contribution >= 4 is 0 Å². The summed E-state index contributed by atoms with van der Waals surface area (Å²) < 4.78 is 38.6. The minimum atomic E-state index is 0.526. The third kappa shape index (κ3) is 14.6. The van der Waals surface area contributed by atoms with E-state index in [4.69, 9.17) is 33.2 Å². The molecule has 0 heterocycles. The highest BCUT2D eigenvalue weighted by molar-refractivity contribution is 5.26. The molecule has 2 rings (SSSR count). The molecule has 2 aromatic rings. The van der Waals surface area contributed by atoms with Crippen LogP contribution < -0.4 is 9.47 Å². The van der Waals surface area contributed by atoms with Crippen molar-refractivity contribution in [2.24, 2.45) is 0 Å². The van der Waals surface area contributed by atoms with Gasteiger partial charge in [0.2, 0.25) is 0 Å². The summed E-state index contributed by atoms with van der Waals surface area (Å²) in [6.07, 6.45) is 0. The first-order valence-electron chi connectivity index (χ1n) is 11.5. The molecule has 2 aromatic carbocycles. The Balaban J connectivity index is 1.23. The number of aryl methyl sites for hydroxylation is 2. The number of rotatable bonds is 20. The zero-order valence-electron chi connectivity index (χ0n) is 20.0. The van der Waals surface area contributed by atoms with Gasteiger partial charge in [-0.15, -0.1) is 0 Å². The maximum absolute atomic E-state index is 5.59. The van der Waals surface area contributed by atoms with Crippen LogP contribution in [0.1, 0.15) is 11.1 Å². The van der Waals surface area contributed by atoms with Crippen LogP contribution in [0.15, 0.2) is 48.5 Å². The van der Waals surface area contributed by atoms with E-state index in [1.54, 1.807) is 0 Å². The van der Waals surface area contributed by atoms with E-state index in [9.17, 15) is 0 Å². The lowest BCUT2D eigenvalue weighted by Crippen LogP contribution is -2.15. The Labute approximate surface area is 197 Å². The zero-order chi connectivity index (χ0) is 23.4. The van der Waals surface area contributed by atoms with Crippen LogP contribution in [0.25, 0.3) is 0 Å². The fourth-order valence-corrected chi connectivity index (χ4v) is 2.69. The van der Waals surface area contributed by atoms with Crippen LogP contribution in [0, 0.1) is 13.8 Å². The Morgan fingerprint density at radius 2 is 0.606 bits per heavy atom. The fourth-order valence-electron chi connectivity index (χ4n) is 2.69. The SMILES string of the molecule is Cc1ccc(OCCOCCOCCOCCOCCOCCOc2ccc(C)cc2)cc1. The Morgan fingerprint density at radius 1 is 0.364 bits per heavy atom. The molecule has 0 N–H and O–H groups in total. The average molecular weight is 463 g/mol. The van der Waals surface area contributed by atoms with Gasteiger partial charge < -0.3 is 33.2 Å². The molecule has 0 radical (unpaired) electrons. The van der Waals surface area contributed by atoms with E-state index in [2.05, 4.69) is 13.8 Å². The van der Waals surface area contributed by atoms with Gasteiger partial charge in [0.15, 0.2) is 0 Å². The van der Waals surface area contributed by atoms with Gasteiger partial charge >= 0.3 is 0 Å². The molecule has 0 atom stereocenters. The third-order valence-electron chi connectivity index (χ3n) is 4.52. The monoisotopic (exact) mass is 462 g/mol. The number of hydrogen-bond acceptors (Lipinski definition) is 7. The van der Waals surface area contributed by atoms with Crippen LogP contribution >= 0.6 is 0 Å². The molecule has 0 aromatic heterocycles. The van der Waals surface area contributed by atoms with Gasteiger partial charge in [0.25, 0.3) is 0 Å². The Hall–Kier alpha value is -2.16. The second-order valence-electron chi connectivity index (χ2n) is 7.38. The quantitative estimate of drug-likeness (QED) is 0.277. The maximum atomic E-state index is 5.59. The highest BCUT2D eigenvalue weighted by atomic mass is 16.6. The Kier molecular flexibility index (Phi) is 15.0. The standard InChI is InChI=1S/C26H38O7/c1-23-3-7-25(8-4-23)32-21-19-30-17-15-28-13-11-27-12-14-29-16-18-31-20-22-33-26-9-5-24(2)6-10-26/h3-10H,11-22H2,1-2H3. The third-order valence-corrected chi connectivity index (χ3v) is 4.52. The highest BCUT2D eigenvalue weighted by Gasteiger charge is 1.96. The van der Waals surface area contributed by atoms with Crippen LogP contribution in [0.5, 0.6) is 11.5 Å². The average Bonchev–Trinajstić information content (AvgIpc) is 2.83. The molecule has 0 amide bonds. The minimum Gasteiger partial charge on any atom is -0.491 e. The van der Waals surface area contributed by atoms with Gasteiger partial charge in [0, 0.05) is 0 Å². The fraction of sp³-hybridized carbons (Fsp3) is 0.538. The first-order chi connectivity index (χ1) is 16.2. The molecule has 33 heavy (non-hydrogen) atoms. The molecule has 0 aliphatic rings. The van der Waals surface area contributed by atoms with Crippen molar-refractivity contribution in [2.75, 3.05) is 79.3 Å². The smallest absolute Gasteiger partial charge is 0.119 e. The molecule has 7 nitrogen and oxygen atoms in total. The van der Waals surface area contributed by atoms with Crippen LogP contribution in [0.3, 0.4) is 0 Å². The van der Waals surface area contributed by atoms with Crippen LogP contribution in [0.2, 0.25) is 0 Å². The molecular weight excluding hydrogens is 424 g/mol. The van der Waals surface area contributed by atoms with E-state index in [1.807, 2.05) is 48.5 Å². The van der Waals surface area contributed by atoms with Gasteiger partial charge in [-0.3, -0.25) is 0 Å². The molecule has 0 spiro atoms.